The second kappa shape index (κ2) is 11.0. The number of rotatable bonds is 9. The molecule has 3 aromatic rings. The molecule has 0 spiro atoms. The van der Waals surface area contributed by atoms with Crippen LogP contribution in [-0.4, -0.2) is 34.5 Å². The smallest absolute Gasteiger partial charge is 0.335 e. The number of halogens is 2. The lowest BCUT2D eigenvalue weighted by molar-refractivity contribution is -0.120. The summed E-state index contributed by atoms with van der Waals surface area (Å²) in [5.74, 6) is -2.90. The molecule has 0 saturated carbocycles. The highest BCUT2D eigenvalue weighted by atomic mass is 35.5. The van der Waals surface area contributed by atoms with Gasteiger partial charge in [0.05, 0.1) is 22.7 Å². The fourth-order valence-corrected chi connectivity index (χ4v) is 4.03. The highest BCUT2D eigenvalue weighted by Gasteiger charge is 2.22. The number of carbonyl (C=O) groups is 2. The van der Waals surface area contributed by atoms with Gasteiger partial charge in [0, 0.05) is 41.0 Å². The number of benzene rings is 3. The number of phenols is 1. The number of nitrogen functional groups attached to an aromatic ring is 2. The standard InChI is InChI=1S/C25H25ClFN5O4/c1-2-31-20-10-18(26)22(14-5-15(25(35)36)7-16(28)6-14)17(23(20)34)9-21(33)32-11-13-4-3-12(24(29)30)8-19(13)27/h3-8,10,31,34H,2,9,11,28H2,1H3,(H3,29,30)(H,32,33)(H,35,36). The molecular formula is C25H25ClFN5O4. The molecule has 3 aromatic carbocycles. The molecule has 0 aliphatic heterocycles. The molecule has 1 amide bonds. The molecule has 0 saturated heterocycles. The summed E-state index contributed by atoms with van der Waals surface area (Å²) in [6, 6.07) is 9.59. The van der Waals surface area contributed by atoms with E-state index in [9.17, 15) is 24.2 Å². The Bertz CT molecular complexity index is 1360. The molecule has 0 aliphatic carbocycles. The Kier molecular flexibility index (Phi) is 8.00. The zero-order chi connectivity index (χ0) is 26.6. The number of anilines is 2. The molecule has 9 N–H and O–H groups in total. The number of amidine groups is 1. The largest absolute Gasteiger partial charge is 0.505 e. The van der Waals surface area contributed by atoms with E-state index < -0.39 is 17.7 Å². The summed E-state index contributed by atoms with van der Waals surface area (Å²) in [7, 11) is 0. The lowest BCUT2D eigenvalue weighted by atomic mass is 9.93. The van der Waals surface area contributed by atoms with Crippen LogP contribution in [0.15, 0.2) is 42.5 Å². The Morgan fingerprint density at radius 2 is 1.86 bits per heavy atom. The minimum Gasteiger partial charge on any atom is -0.505 e. The van der Waals surface area contributed by atoms with E-state index in [4.69, 9.17) is 28.5 Å². The summed E-state index contributed by atoms with van der Waals surface area (Å²) in [6.07, 6.45) is -0.343. The maximum Gasteiger partial charge on any atom is 0.335 e. The predicted octanol–water partition coefficient (Wildman–Crippen LogP) is 3.71. The van der Waals surface area contributed by atoms with Gasteiger partial charge in [-0.15, -0.1) is 0 Å². The Hall–Kier alpha value is -4.31. The number of aromatic hydroxyl groups is 1. The molecule has 3 rings (SSSR count). The normalized spacial score (nSPS) is 10.6. The Morgan fingerprint density at radius 3 is 2.47 bits per heavy atom. The maximum atomic E-state index is 14.3. The first kappa shape index (κ1) is 26.3. The van der Waals surface area contributed by atoms with E-state index in [1.165, 1.54) is 36.4 Å². The molecule has 0 atom stereocenters. The van der Waals surface area contributed by atoms with Crippen molar-refractivity contribution in [1.82, 2.24) is 5.32 Å². The fraction of sp³-hybridized carbons (Fsp3) is 0.160. The van der Waals surface area contributed by atoms with Crippen molar-refractivity contribution >= 4 is 40.7 Å². The summed E-state index contributed by atoms with van der Waals surface area (Å²) >= 11 is 6.53. The summed E-state index contributed by atoms with van der Waals surface area (Å²) in [5, 5.41) is 33.5. The SMILES string of the molecule is CCNc1cc(Cl)c(-c2cc(N)cc(C(=O)O)c2)c(CC(=O)NCc2ccc(C(=N)N)cc2F)c1O. The van der Waals surface area contributed by atoms with Gasteiger partial charge in [-0.05, 0) is 42.8 Å². The van der Waals surface area contributed by atoms with Gasteiger partial charge in [-0.3, -0.25) is 10.2 Å². The zero-order valence-corrected chi connectivity index (χ0v) is 20.0. The lowest BCUT2D eigenvalue weighted by Gasteiger charge is -2.18. The first-order chi connectivity index (χ1) is 17.0. The van der Waals surface area contributed by atoms with Gasteiger partial charge in [0.2, 0.25) is 5.91 Å². The molecule has 0 heterocycles. The maximum absolute atomic E-state index is 14.3. The van der Waals surface area contributed by atoms with Crippen LogP contribution in [0.1, 0.15) is 34.0 Å². The quantitative estimate of drug-likeness (QED) is 0.0987. The van der Waals surface area contributed by atoms with Crippen LogP contribution in [0.4, 0.5) is 15.8 Å². The summed E-state index contributed by atoms with van der Waals surface area (Å²) in [4.78, 5) is 24.4. The number of nitrogens with two attached hydrogens (primary N) is 2. The third-order valence-corrected chi connectivity index (χ3v) is 5.69. The van der Waals surface area contributed by atoms with Gasteiger partial charge in [-0.1, -0.05) is 23.7 Å². The van der Waals surface area contributed by atoms with E-state index in [0.29, 0.717) is 17.8 Å². The first-order valence-corrected chi connectivity index (χ1v) is 11.2. The molecule has 36 heavy (non-hydrogen) atoms. The fourth-order valence-electron chi connectivity index (χ4n) is 3.70. The van der Waals surface area contributed by atoms with Crippen molar-refractivity contribution in [1.29, 1.82) is 5.41 Å². The number of hydrogen-bond donors (Lipinski definition) is 7. The second-order valence-electron chi connectivity index (χ2n) is 7.96. The zero-order valence-electron chi connectivity index (χ0n) is 19.3. The van der Waals surface area contributed by atoms with E-state index in [1.807, 2.05) is 6.92 Å². The third-order valence-electron chi connectivity index (χ3n) is 5.39. The van der Waals surface area contributed by atoms with Crippen LogP contribution in [0.25, 0.3) is 11.1 Å². The highest BCUT2D eigenvalue weighted by molar-refractivity contribution is 6.34. The van der Waals surface area contributed by atoms with Crippen molar-refractivity contribution in [3.63, 3.8) is 0 Å². The average molecular weight is 514 g/mol. The van der Waals surface area contributed by atoms with Crippen molar-refractivity contribution in [2.24, 2.45) is 5.73 Å². The minimum absolute atomic E-state index is 0.0869. The number of amides is 1. The van der Waals surface area contributed by atoms with Crippen LogP contribution in [0.5, 0.6) is 5.75 Å². The first-order valence-electron chi connectivity index (χ1n) is 10.8. The average Bonchev–Trinajstić information content (AvgIpc) is 2.81. The van der Waals surface area contributed by atoms with Gasteiger partial charge in [0.15, 0.2) is 0 Å². The molecule has 0 fully saturated rings. The van der Waals surface area contributed by atoms with Crippen LogP contribution in [-0.2, 0) is 17.8 Å². The van der Waals surface area contributed by atoms with E-state index in [1.54, 1.807) is 0 Å². The molecular weight excluding hydrogens is 489 g/mol. The molecule has 0 radical (unpaired) electrons. The topological polar surface area (TPSA) is 175 Å². The van der Waals surface area contributed by atoms with E-state index in [0.717, 1.165) is 6.07 Å². The molecule has 0 aliphatic rings. The number of nitrogens with one attached hydrogen (secondary N) is 3. The number of phenolic OH excluding ortho intramolecular Hbond substituents is 1. The van der Waals surface area contributed by atoms with Gasteiger partial charge >= 0.3 is 5.97 Å². The summed E-state index contributed by atoms with van der Waals surface area (Å²) in [6.45, 7) is 2.13. The van der Waals surface area contributed by atoms with Gasteiger partial charge in [-0.25, -0.2) is 9.18 Å². The van der Waals surface area contributed by atoms with Crippen molar-refractivity contribution < 1.29 is 24.2 Å². The van der Waals surface area contributed by atoms with Gasteiger partial charge in [0.1, 0.15) is 17.4 Å². The Balaban J connectivity index is 1.97. The predicted molar refractivity (Wildman–Crippen MR) is 137 cm³/mol. The lowest BCUT2D eigenvalue weighted by Crippen LogP contribution is -2.25. The number of aromatic carboxylic acids is 1. The molecule has 11 heteroatoms. The monoisotopic (exact) mass is 513 g/mol. The van der Waals surface area contributed by atoms with Crippen LogP contribution >= 0.6 is 11.6 Å². The van der Waals surface area contributed by atoms with Gasteiger partial charge in [0.25, 0.3) is 0 Å². The van der Waals surface area contributed by atoms with Crippen molar-refractivity contribution in [3.8, 4) is 16.9 Å². The van der Waals surface area contributed by atoms with E-state index in [-0.39, 0.29) is 63.1 Å². The highest BCUT2D eigenvalue weighted by Crippen LogP contribution is 2.42. The van der Waals surface area contributed by atoms with Crippen molar-refractivity contribution in [3.05, 3.63) is 75.6 Å². The molecule has 188 valence electrons. The number of carboxylic acids is 1. The third kappa shape index (κ3) is 5.84. The number of carboxylic acid groups (broad SMARTS) is 1. The van der Waals surface area contributed by atoms with Crippen LogP contribution in [0, 0.1) is 11.2 Å². The summed E-state index contributed by atoms with van der Waals surface area (Å²) in [5.41, 5.74) is 12.7. The van der Waals surface area contributed by atoms with Crippen molar-refractivity contribution in [2.45, 2.75) is 19.9 Å². The molecule has 9 nitrogen and oxygen atoms in total. The van der Waals surface area contributed by atoms with Gasteiger partial charge < -0.3 is 32.3 Å². The van der Waals surface area contributed by atoms with Gasteiger partial charge in [-0.2, -0.15) is 0 Å². The number of hydrogen-bond acceptors (Lipinski definition) is 6. The number of carbonyl (C=O) groups excluding carboxylic acids is 1. The van der Waals surface area contributed by atoms with Crippen molar-refractivity contribution in [2.75, 3.05) is 17.6 Å². The van der Waals surface area contributed by atoms with Crippen LogP contribution in [0.2, 0.25) is 5.02 Å². The minimum atomic E-state index is -1.20. The Morgan fingerprint density at radius 1 is 1.14 bits per heavy atom. The Labute approximate surface area is 211 Å². The van der Waals surface area contributed by atoms with E-state index >= 15 is 0 Å². The molecule has 0 aromatic heterocycles. The molecule has 0 unspecified atom stereocenters. The van der Waals surface area contributed by atoms with Crippen LogP contribution in [0.3, 0.4) is 0 Å². The van der Waals surface area contributed by atoms with Crippen LogP contribution < -0.4 is 22.1 Å². The van der Waals surface area contributed by atoms with E-state index in [2.05, 4.69) is 10.6 Å². The molecule has 0 bridgehead atoms. The second-order valence-corrected chi connectivity index (χ2v) is 8.37. The summed E-state index contributed by atoms with van der Waals surface area (Å²) < 4.78 is 14.3.